The van der Waals surface area contributed by atoms with Crippen LogP contribution in [-0.4, -0.2) is 29.7 Å². The van der Waals surface area contributed by atoms with E-state index >= 15 is 0 Å². The highest BCUT2D eigenvalue weighted by atomic mass is 16.3. The Morgan fingerprint density at radius 1 is 1.07 bits per heavy atom. The minimum atomic E-state index is -0.0518. The van der Waals surface area contributed by atoms with Crippen LogP contribution in [0.5, 0.6) is 0 Å². The SMILES string of the molecule is O=C(CCc1ccccc1)[C@H]1CCCN(C(=O)c2ccc3occc3c2)C1. The number of benzene rings is 2. The van der Waals surface area contributed by atoms with Crippen molar-refractivity contribution in [3.05, 3.63) is 72.0 Å². The molecular weight excluding hydrogens is 338 g/mol. The molecule has 1 aliphatic rings. The summed E-state index contributed by atoms with van der Waals surface area (Å²) in [6.45, 7) is 1.24. The molecule has 1 atom stereocenters. The van der Waals surface area contributed by atoms with Gasteiger partial charge in [0.15, 0.2) is 0 Å². The van der Waals surface area contributed by atoms with Gasteiger partial charge in [0, 0.05) is 36.4 Å². The Bertz CT molecular complexity index is 944. The second-order valence-corrected chi connectivity index (χ2v) is 7.22. The molecular formula is C23H23NO3. The Kier molecular flexibility index (Phi) is 5.05. The number of likely N-dealkylation sites (tertiary alicyclic amines) is 1. The number of hydrogen-bond donors (Lipinski definition) is 0. The van der Waals surface area contributed by atoms with Crippen LogP contribution in [0.2, 0.25) is 0 Å². The molecule has 1 saturated heterocycles. The van der Waals surface area contributed by atoms with E-state index in [9.17, 15) is 9.59 Å². The van der Waals surface area contributed by atoms with Crippen LogP contribution in [0.1, 0.15) is 35.2 Å². The summed E-state index contributed by atoms with van der Waals surface area (Å²) in [6.07, 6.45) is 4.68. The van der Waals surface area contributed by atoms with Crippen molar-refractivity contribution in [1.82, 2.24) is 4.90 Å². The van der Waals surface area contributed by atoms with Gasteiger partial charge >= 0.3 is 0 Å². The molecule has 0 saturated carbocycles. The summed E-state index contributed by atoms with van der Waals surface area (Å²) in [4.78, 5) is 27.4. The first kappa shape index (κ1) is 17.5. The largest absolute Gasteiger partial charge is 0.464 e. The van der Waals surface area contributed by atoms with Gasteiger partial charge in [-0.2, -0.15) is 0 Å². The molecule has 2 heterocycles. The molecule has 27 heavy (non-hydrogen) atoms. The van der Waals surface area contributed by atoms with Gasteiger partial charge in [0.1, 0.15) is 11.4 Å². The summed E-state index contributed by atoms with van der Waals surface area (Å²) in [6, 6.07) is 17.4. The van der Waals surface area contributed by atoms with Crippen molar-refractivity contribution in [1.29, 1.82) is 0 Å². The second kappa shape index (κ2) is 7.78. The molecule has 4 heteroatoms. The lowest BCUT2D eigenvalue weighted by molar-refractivity contribution is -0.124. The number of fused-ring (bicyclic) bond motifs is 1. The minimum Gasteiger partial charge on any atom is -0.464 e. The Morgan fingerprint density at radius 3 is 2.78 bits per heavy atom. The van der Waals surface area contributed by atoms with E-state index in [1.165, 1.54) is 5.56 Å². The number of hydrogen-bond acceptors (Lipinski definition) is 3. The van der Waals surface area contributed by atoms with Gasteiger partial charge in [-0.25, -0.2) is 0 Å². The standard InChI is InChI=1S/C23H23NO3/c25-21(10-8-17-5-2-1-3-6-17)20-7-4-13-24(16-20)23(26)19-9-11-22-18(15-19)12-14-27-22/h1-3,5-6,9,11-12,14-15,20H,4,7-8,10,13,16H2/t20-/m0/s1. The molecule has 3 aromatic rings. The first-order valence-corrected chi connectivity index (χ1v) is 9.54. The number of Topliss-reactive ketones (excluding diaryl/α,β-unsaturated/α-hetero) is 1. The Hall–Kier alpha value is -2.88. The summed E-state index contributed by atoms with van der Waals surface area (Å²) in [5, 5.41) is 0.924. The lowest BCUT2D eigenvalue weighted by atomic mass is 9.90. The normalized spacial score (nSPS) is 17.2. The summed E-state index contributed by atoms with van der Waals surface area (Å²) in [5.74, 6) is 0.212. The molecule has 2 aromatic carbocycles. The molecule has 4 nitrogen and oxygen atoms in total. The van der Waals surface area contributed by atoms with Crippen molar-refractivity contribution < 1.29 is 14.0 Å². The van der Waals surface area contributed by atoms with Crippen LogP contribution < -0.4 is 0 Å². The number of rotatable bonds is 5. The predicted octanol–water partition coefficient (Wildman–Crippen LogP) is 4.49. The van der Waals surface area contributed by atoms with E-state index in [0.717, 1.165) is 30.2 Å². The Balaban J connectivity index is 1.39. The molecule has 138 valence electrons. The summed E-state index contributed by atoms with van der Waals surface area (Å²) in [7, 11) is 0. The lowest BCUT2D eigenvalue weighted by Crippen LogP contribution is -2.42. The van der Waals surface area contributed by atoms with Crippen LogP contribution in [0.3, 0.4) is 0 Å². The van der Waals surface area contributed by atoms with Gasteiger partial charge in [-0.15, -0.1) is 0 Å². The molecule has 0 aliphatic carbocycles. The van der Waals surface area contributed by atoms with Gasteiger partial charge in [0.05, 0.1) is 6.26 Å². The Labute approximate surface area is 158 Å². The molecule has 0 bridgehead atoms. The van der Waals surface area contributed by atoms with Crippen molar-refractivity contribution in [2.75, 3.05) is 13.1 Å². The van der Waals surface area contributed by atoms with Crippen LogP contribution in [0.25, 0.3) is 11.0 Å². The van der Waals surface area contributed by atoms with Crippen LogP contribution in [0, 0.1) is 5.92 Å². The molecule has 4 rings (SSSR count). The molecule has 0 radical (unpaired) electrons. The average Bonchev–Trinajstić information content (AvgIpc) is 3.20. The third kappa shape index (κ3) is 3.95. The molecule has 1 aromatic heterocycles. The van der Waals surface area contributed by atoms with E-state index in [1.807, 2.05) is 41.3 Å². The van der Waals surface area contributed by atoms with Crippen LogP contribution in [-0.2, 0) is 11.2 Å². The fourth-order valence-corrected chi connectivity index (χ4v) is 3.82. The van der Waals surface area contributed by atoms with Gasteiger partial charge in [0.2, 0.25) is 0 Å². The zero-order valence-corrected chi connectivity index (χ0v) is 15.3. The quantitative estimate of drug-likeness (QED) is 0.673. The van der Waals surface area contributed by atoms with Crippen LogP contribution >= 0.6 is 0 Å². The third-order valence-corrected chi connectivity index (χ3v) is 5.37. The highest BCUT2D eigenvalue weighted by molar-refractivity contribution is 5.98. The summed E-state index contributed by atoms with van der Waals surface area (Å²) >= 11 is 0. The van der Waals surface area contributed by atoms with Crippen molar-refractivity contribution in [2.45, 2.75) is 25.7 Å². The van der Waals surface area contributed by atoms with E-state index < -0.39 is 0 Å². The average molecular weight is 361 g/mol. The van der Waals surface area contributed by atoms with Gasteiger partial charge in [-0.1, -0.05) is 30.3 Å². The van der Waals surface area contributed by atoms with E-state index in [4.69, 9.17) is 4.42 Å². The van der Waals surface area contributed by atoms with Crippen molar-refractivity contribution in [3.63, 3.8) is 0 Å². The summed E-state index contributed by atoms with van der Waals surface area (Å²) in [5.41, 5.74) is 2.61. The van der Waals surface area contributed by atoms with E-state index in [-0.39, 0.29) is 17.6 Å². The van der Waals surface area contributed by atoms with Crippen LogP contribution in [0.15, 0.2) is 65.3 Å². The zero-order valence-electron chi connectivity index (χ0n) is 15.3. The predicted molar refractivity (Wildman–Crippen MR) is 105 cm³/mol. The number of piperidine rings is 1. The number of ketones is 1. The lowest BCUT2D eigenvalue weighted by Gasteiger charge is -2.32. The van der Waals surface area contributed by atoms with E-state index in [0.29, 0.717) is 25.1 Å². The van der Waals surface area contributed by atoms with Gasteiger partial charge in [0.25, 0.3) is 5.91 Å². The molecule has 1 amide bonds. The van der Waals surface area contributed by atoms with Gasteiger partial charge in [-0.3, -0.25) is 9.59 Å². The molecule has 0 spiro atoms. The number of carbonyl (C=O) groups excluding carboxylic acids is 2. The fraction of sp³-hybridized carbons (Fsp3) is 0.304. The first-order chi connectivity index (χ1) is 13.2. The van der Waals surface area contributed by atoms with Crippen molar-refractivity contribution >= 4 is 22.7 Å². The monoisotopic (exact) mass is 361 g/mol. The maximum absolute atomic E-state index is 12.9. The zero-order chi connectivity index (χ0) is 18.6. The van der Waals surface area contributed by atoms with E-state index in [1.54, 1.807) is 12.3 Å². The molecule has 0 unspecified atom stereocenters. The molecule has 1 aliphatic heterocycles. The second-order valence-electron chi connectivity index (χ2n) is 7.22. The van der Waals surface area contributed by atoms with Crippen molar-refractivity contribution in [2.24, 2.45) is 5.92 Å². The Morgan fingerprint density at radius 2 is 1.93 bits per heavy atom. The topological polar surface area (TPSA) is 50.5 Å². The highest BCUT2D eigenvalue weighted by Crippen LogP contribution is 2.23. The smallest absolute Gasteiger partial charge is 0.253 e. The third-order valence-electron chi connectivity index (χ3n) is 5.37. The minimum absolute atomic E-state index is 0.00124. The van der Waals surface area contributed by atoms with E-state index in [2.05, 4.69) is 12.1 Å². The van der Waals surface area contributed by atoms with Gasteiger partial charge in [-0.05, 0) is 49.1 Å². The number of amides is 1. The molecule has 0 N–H and O–H groups in total. The number of nitrogens with zero attached hydrogens (tertiary/aromatic N) is 1. The maximum atomic E-state index is 12.9. The number of furan rings is 1. The first-order valence-electron chi connectivity index (χ1n) is 9.54. The number of carbonyl (C=O) groups is 2. The van der Waals surface area contributed by atoms with Crippen LogP contribution in [0.4, 0.5) is 0 Å². The van der Waals surface area contributed by atoms with Gasteiger partial charge < -0.3 is 9.32 Å². The fourth-order valence-electron chi connectivity index (χ4n) is 3.82. The molecule has 1 fully saturated rings. The maximum Gasteiger partial charge on any atom is 0.253 e. The number of aryl methyl sites for hydroxylation is 1. The highest BCUT2D eigenvalue weighted by Gasteiger charge is 2.28. The van der Waals surface area contributed by atoms with Crippen molar-refractivity contribution in [3.8, 4) is 0 Å². The summed E-state index contributed by atoms with van der Waals surface area (Å²) < 4.78 is 5.34.